The molecule has 0 aliphatic carbocycles. The van der Waals surface area contributed by atoms with Gasteiger partial charge in [-0.15, -0.1) is 0 Å². The molecule has 0 saturated carbocycles. The molecule has 0 aliphatic heterocycles. The molecule has 3 heteroatoms. The number of aromatic nitrogens is 1. The first-order valence-electron chi connectivity index (χ1n) is 6.04. The van der Waals surface area contributed by atoms with Gasteiger partial charge in [-0.1, -0.05) is 19.1 Å². The minimum atomic E-state index is 0.367. The first-order valence-corrected chi connectivity index (χ1v) is 7.19. The van der Waals surface area contributed by atoms with Crippen LogP contribution in [-0.4, -0.2) is 15.4 Å². The highest BCUT2D eigenvalue weighted by Gasteiger charge is 2.13. The van der Waals surface area contributed by atoms with Crippen LogP contribution in [0.3, 0.4) is 0 Å². The van der Waals surface area contributed by atoms with Crippen molar-refractivity contribution in [1.29, 1.82) is 0 Å². The fourth-order valence-corrected chi connectivity index (χ4v) is 2.75. The molecule has 0 saturated heterocycles. The number of nitrogens with zero attached hydrogens (tertiary/aromatic N) is 1. The van der Waals surface area contributed by atoms with Crippen LogP contribution in [0.2, 0.25) is 0 Å². The second kappa shape index (κ2) is 5.05. The van der Waals surface area contributed by atoms with Gasteiger partial charge in [0.25, 0.3) is 0 Å². The molecule has 1 N–H and O–H groups in total. The Labute approximate surface area is 107 Å². The van der Waals surface area contributed by atoms with Gasteiger partial charge in [0.05, 0.1) is 5.52 Å². The number of thioether (sulfide) groups is 1. The van der Waals surface area contributed by atoms with Crippen LogP contribution in [0, 0.1) is 0 Å². The largest absolute Gasteiger partial charge is 0.506 e. The number of hydrogen-bond donors (Lipinski definition) is 1. The molecule has 17 heavy (non-hydrogen) atoms. The maximum absolute atomic E-state index is 10.0. The Hall–Kier alpha value is -1.09. The number of rotatable bonds is 4. The molecule has 1 aromatic heterocycles. The number of phenols is 1. The number of fused-ring (bicyclic) bond motifs is 1. The van der Waals surface area contributed by atoms with Crippen molar-refractivity contribution in [3.63, 3.8) is 0 Å². The van der Waals surface area contributed by atoms with E-state index in [0.717, 1.165) is 17.0 Å². The topological polar surface area (TPSA) is 25.2 Å². The van der Waals surface area contributed by atoms with Gasteiger partial charge in [-0.05, 0) is 31.2 Å². The van der Waals surface area contributed by atoms with E-state index in [1.165, 1.54) is 10.9 Å². The second-order valence-electron chi connectivity index (χ2n) is 4.47. The lowest BCUT2D eigenvalue weighted by molar-refractivity contribution is 0.475. The molecule has 0 radical (unpaired) electrons. The smallest absolute Gasteiger partial charge is 0.139 e. The van der Waals surface area contributed by atoms with E-state index in [2.05, 4.69) is 37.6 Å². The molecule has 2 rings (SSSR count). The summed E-state index contributed by atoms with van der Waals surface area (Å²) < 4.78 is 2.16. The third-order valence-electron chi connectivity index (χ3n) is 2.93. The van der Waals surface area contributed by atoms with Gasteiger partial charge in [-0.3, -0.25) is 0 Å². The minimum Gasteiger partial charge on any atom is -0.506 e. The van der Waals surface area contributed by atoms with Crippen LogP contribution in [0.1, 0.15) is 32.4 Å². The number of aromatic hydroxyl groups is 1. The lowest BCUT2D eigenvalue weighted by Crippen LogP contribution is -1.98. The molecule has 1 aromatic carbocycles. The molecule has 1 heterocycles. The van der Waals surface area contributed by atoms with Crippen LogP contribution in [0.5, 0.6) is 5.75 Å². The highest BCUT2D eigenvalue weighted by Crippen LogP contribution is 2.32. The van der Waals surface area contributed by atoms with E-state index in [9.17, 15) is 5.11 Å². The van der Waals surface area contributed by atoms with Gasteiger partial charge in [0.2, 0.25) is 0 Å². The Balaban J connectivity index is 2.58. The summed E-state index contributed by atoms with van der Waals surface area (Å²) in [5.41, 5.74) is 2.28. The zero-order valence-corrected chi connectivity index (χ0v) is 11.4. The summed E-state index contributed by atoms with van der Waals surface area (Å²) in [5, 5.41) is 11.2. The summed E-state index contributed by atoms with van der Waals surface area (Å²) in [5.74, 6) is 2.51. The first-order chi connectivity index (χ1) is 8.15. The number of benzene rings is 1. The van der Waals surface area contributed by atoms with Gasteiger partial charge in [0, 0.05) is 23.4 Å². The molecule has 0 bridgehead atoms. The molecule has 0 unspecified atom stereocenters. The number of phenolic OH excluding ortho intramolecular Hbond substituents is 1. The predicted octanol–water partition coefficient (Wildman–Crippen LogP) is 4.18. The molecule has 0 aliphatic rings. The molecular weight excluding hydrogens is 230 g/mol. The van der Waals surface area contributed by atoms with Gasteiger partial charge >= 0.3 is 0 Å². The van der Waals surface area contributed by atoms with Crippen molar-refractivity contribution < 1.29 is 5.11 Å². The van der Waals surface area contributed by atoms with Crippen molar-refractivity contribution in [3.8, 4) is 5.75 Å². The zero-order chi connectivity index (χ0) is 12.4. The van der Waals surface area contributed by atoms with Crippen molar-refractivity contribution in [2.45, 2.75) is 32.6 Å². The van der Waals surface area contributed by atoms with E-state index in [-0.39, 0.29) is 0 Å². The van der Waals surface area contributed by atoms with Crippen LogP contribution in [0.15, 0.2) is 24.4 Å². The Bertz CT molecular complexity index is 516. The quantitative estimate of drug-likeness (QED) is 0.879. The minimum absolute atomic E-state index is 0.367. The van der Waals surface area contributed by atoms with Crippen LogP contribution >= 0.6 is 11.8 Å². The molecule has 0 fully saturated rings. The van der Waals surface area contributed by atoms with E-state index in [1.807, 2.05) is 17.8 Å². The third-order valence-corrected chi connectivity index (χ3v) is 3.86. The average Bonchev–Trinajstić information content (AvgIpc) is 2.67. The predicted molar refractivity (Wildman–Crippen MR) is 75.8 cm³/mol. The van der Waals surface area contributed by atoms with Gasteiger partial charge < -0.3 is 9.67 Å². The number of para-hydroxylation sites is 1. The maximum Gasteiger partial charge on any atom is 0.139 e. The van der Waals surface area contributed by atoms with Gasteiger partial charge in [0.1, 0.15) is 5.75 Å². The molecule has 0 spiro atoms. The van der Waals surface area contributed by atoms with E-state index in [0.29, 0.717) is 11.8 Å². The Morgan fingerprint density at radius 1 is 1.35 bits per heavy atom. The molecule has 92 valence electrons. The van der Waals surface area contributed by atoms with Crippen LogP contribution in [0.25, 0.3) is 10.9 Å². The molecule has 0 atom stereocenters. The first kappa shape index (κ1) is 12.4. The fourth-order valence-electron chi connectivity index (χ4n) is 2.10. The summed E-state index contributed by atoms with van der Waals surface area (Å²) in [7, 11) is 0. The number of hydrogen-bond acceptors (Lipinski definition) is 2. The second-order valence-corrected chi connectivity index (χ2v) is 5.74. The summed E-state index contributed by atoms with van der Waals surface area (Å²) in [6.45, 7) is 6.45. The fraction of sp³-hybridized carbons (Fsp3) is 0.429. The third kappa shape index (κ3) is 2.29. The summed E-state index contributed by atoms with van der Waals surface area (Å²) >= 11 is 1.91. The highest BCUT2D eigenvalue weighted by atomic mass is 32.2. The summed E-state index contributed by atoms with van der Waals surface area (Å²) in [6, 6.07) is 6.14. The average molecular weight is 249 g/mol. The lowest BCUT2D eigenvalue weighted by atomic mass is 10.2. The van der Waals surface area contributed by atoms with Crippen molar-refractivity contribution in [3.05, 3.63) is 30.0 Å². The van der Waals surface area contributed by atoms with Crippen LogP contribution in [-0.2, 0) is 5.75 Å². The van der Waals surface area contributed by atoms with E-state index < -0.39 is 0 Å². The lowest BCUT2D eigenvalue weighted by Gasteiger charge is -2.09. The van der Waals surface area contributed by atoms with E-state index in [1.54, 1.807) is 6.07 Å². The maximum atomic E-state index is 10.0. The Kier molecular flexibility index (Phi) is 3.67. The van der Waals surface area contributed by atoms with E-state index >= 15 is 0 Å². The zero-order valence-electron chi connectivity index (χ0n) is 10.6. The van der Waals surface area contributed by atoms with Crippen molar-refractivity contribution >= 4 is 22.7 Å². The Morgan fingerprint density at radius 2 is 2.12 bits per heavy atom. The molecular formula is C14H19NOS. The highest BCUT2D eigenvalue weighted by molar-refractivity contribution is 7.98. The van der Waals surface area contributed by atoms with Crippen molar-refractivity contribution in [2.75, 3.05) is 5.75 Å². The molecule has 0 amide bonds. The summed E-state index contributed by atoms with van der Waals surface area (Å²) in [4.78, 5) is 0. The van der Waals surface area contributed by atoms with E-state index in [4.69, 9.17) is 0 Å². The normalized spacial score (nSPS) is 11.5. The molecule has 2 aromatic rings. The van der Waals surface area contributed by atoms with Gasteiger partial charge in [-0.25, -0.2) is 0 Å². The monoisotopic (exact) mass is 249 g/mol. The van der Waals surface area contributed by atoms with Crippen molar-refractivity contribution in [2.24, 2.45) is 0 Å². The van der Waals surface area contributed by atoms with Crippen LogP contribution < -0.4 is 0 Å². The summed E-state index contributed by atoms with van der Waals surface area (Å²) in [6.07, 6.45) is 2.18. The van der Waals surface area contributed by atoms with Crippen LogP contribution in [0.4, 0.5) is 0 Å². The van der Waals surface area contributed by atoms with Crippen molar-refractivity contribution in [1.82, 2.24) is 4.57 Å². The standard InChI is InChI=1S/C14H19NOS/c1-4-17-9-11-8-15(10(2)3)14-12(11)6-5-7-13(14)16/h5-8,10,16H,4,9H2,1-3H3. The Morgan fingerprint density at radius 3 is 2.76 bits per heavy atom. The van der Waals surface area contributed by atoms with Gasteiger partial charge in [0.15, 0.2) is 0 Å². The SMILES string of the molecule is CCSCc1cn(C(C)C)c2c(O)cccc12. The van der Waals surface area contributed by atoms with Gasteiger partial charge in [-0.2, -0.15) is 11.8 Å². The molecule has 2 nitrogen and oxygen atoms in total.